The van der Waals surface area contributed by atoms with Gasteiger partial charge in [0, 0.05) is 0 Å². The van der Waals surface area contributed by atoms with Crippen LogP contribution in [0.2, 0.25) is 0 Å². The quantitative estimate of drug-likeness (QED) is 0.793. The highest BCUT2D eigenvalue weighted by Crippen LogP contribution is 2.34. The minimum Gasteiger partial charge on any atom is -0.458 e. The van der Waals surface area contributed by atoms with Gasteiger partial charge in [0.05, 0.1) is 14.4 Å². The molecule has 0 radical (unpaired) electrons. The zero-order chi connectivity index (χ0) is 16.6. The Kier molecular flexibility index (Phi) is 5.10. The number of nitrogens with two attached hydrogens (primary N) is 1. The molecule has 3 N–H and O–H groups in total. The predicted octanol–water partition coefficient (Wildman–Crippen LogP) is 3.25. The summed E-state index contributed by atoms with van der Waals surface area (Å²) in [5.74, 6) is -0.878. The van der Waals surface area contributed by atoms with E-state index in [1.54, 1.807) is 41.5 Å². The summed E-state index contributed by atoms with van der Waals surface area (Å²) in [6.07, 6.45) is 0. The smallest absolute Gasteiger partial charge is 0.331 e. The molecule has 1 aromatic rings. The van der Waals surface area contributed by atoms with Crippen molar-refractivity contribution < 1.29 is 14.3 Å². The number of carbonyl (C=O) groups is 2. The van der Waals surface area contributed by atoms with Gasteiger partial charge in [-0.05, 0) is 63.0 Å². The first-order chi connectivity index (χ1) is 9.35. The van der Waals surface area contributed by atoms with Gasteiger partial charge in [0.15, 0.2) is 0 Å². The topological polar surface area (TPSA) is 81.4 Å². The number of hydrogen-bond donors (Lipinski definition) is 2. The van der Waals surface area contributed by atoms with Crippen LogP contribution >= 0.6 is 27.3 Å². The minimum absolute atomic E-state index is 0.386. The molecule has 0 aromatic carbocycles. The van der Waals surface area contributed by atoms with Crippen molar-refractivity contribution in [3.63, 3.8) is 0 Å². The molecule has 1 aromatic heterocycles. The van der Waals surface area contributed by atoms with Crippen molar-refractivity contribution in [2.24, 2.45) is 0 Å². The Balaban J connectivity index is 2.93. The summed E-state index contributed by atoms with van der Waals surface area (Å²) in [6, 6.07) is 0. The lowest BCUT2D eigenvalue weighted by Crippen LogP contribution is -2.52. The Morgan fingerprint density at radius 1 is 1.24 bits per heavy atom. The average molecular weight is 377 g/mol. The van der Waals surface area contributed by atoms with E-state index in [0.717, 1.165) is 9.35 Å². The van der Waals surface area contributed by atoms with Crippen molar-refractivity contribution in [3.8, 4) is 0 Å². The fourth-order valence-corrected chi connectivity index (χ4v) is 3.11. The van der Waals surface area contributed by atoms with Crippen LogP contribution in [0, 0.1) is 6.92 Å². The van der Waals surface area contributed by atoms with Crippen LogP contribution in [-0.4, -0.2) is 23.0 Å². The number of rotatable bonds is 3. The molecule has 0 spiro atoms. The Hall–Kier alpha value is -1.08. The molecule has 1 rings (SSSR count). The molecular formula is C14H21BrN2O3S. The molecule has 1 heterocycles. The first-order valence-electron chi connectivity index (χ1n) is 6.45. The van der Waals surface area contributed by atoms with Crippen molar-refractivity contribution in [1.29, 1.82) is 0 Å². The van der Waals surface area contributed by atoms with Crippen LogP contribution in [0.25, 0.3) is 0 Å². The number of thiophene rings is 1. The van der Waals surface area contributed by atoms with Gasteiger partial charge in [-0.3, -0.25) is 4.79 Å². The highest BCUT2D eigenvalue weighted by Gasteiger charge is 2.35. The Bertz CT molecular complexity index is 574. The average Bonchev–Trinajstić information content (AvgIpc) is 2.49. The fourth-order valence-electron chi connectivity index (χ4n) is 1.59. The standard InChI is InChI=1S/C14H21BrN2O3S/c1-7-8(10(16)21-9(7)15)11(18)17-14(5,6)12(19)20-13(2,3)4/h16H2,1-6H3,(H,17,18). The lowest BCUT2D eigenvalue weighted by atomic mass is 10.0. The van der Waals surface area contributed by atoms with E-state index >= 15 is 0 Å². The number of anilines is 1. The lowest BCUT2D eigenvalue weighted by Gasteiger charge is -2.29. The zero-order valence-corrected chi connectivity index (χ0v) is 15.5. The summed E-state index contributed by atoms with van der Waals surface area (Å²) in [6.45, 7) is 10.3. The van der Waals surface area contributed by atoms with Gasteiger partial charge in [-0.15, -0.1) is 11.3 Å². The Morgan fingerprint density at radius 2 is 1.76 bits per heavy atom. The SMILES string of the molecule is Cc1c(Br)sc(N)c1C(=O)NC(C)(C)C(=O)OC(C)(C)C. The second-order valence-corrected chi connectivity index (χ2v) is 8.69. The number of carbonyl (C=O) groups excluding carboxylic acids is 2. The van der Waals surface area contributed by atoms with Gasteiger partial charge in [-0.25, -0.2) is 4.79 Å². The van der Waals surface area contributed by atoms with E-state index in [2.05, 4.69) is 21.2 Å². The molecule has 118 valence electrons. The van der Waals surface area contributed by atoms with Crippen LogP contribution < -0.4 is 11.1 Å². The van der Waals surface area contributed by atoms with E-state index in [1.807, 2.05) is 0 Å². The normalized spacial score (nSPS) is 12.1. The molecule has 7 heteroatoms. The summed E-state index contributed by atoms with van der Waals surface area (Å²) < 4.78 is 6.12. The third kappa shape index (κ3) is 4.44. The predicted molar refractivity (Wildman–Crippen MR) is 88.6 cm³/mol. The van der Waals surface area contributed by atoms with E-state index < -0.39 is 17.1 Å². The number of esters is 1. The van der Waals surface area contributed by atoms with Crippen molar-refractivity contribution in [3.05, 3.63) is 14.9 Å². The molecule has 0 fully saturated rings. The number of ether oxygens (including phenoxy) is 1. The largest absolute Gasteiger partial charge is 0.458 e. The van der Waals surface area contributed by atoms with Crippen molar-refractivity contribution in [2.45, 2.75) is 52.7 Å². The van der Waals surface area contributed by atoms with Crippen LogP contribution in [0.5, 0.6) is 0 Å². The molecule has 0 saturated carbocycles. The third-order valence-electron chi connectivity index (χ3n) is 2.68. The molecule has 0 aliphatic rings. The van der Waals surface area contributed by atoms with Gasteiger partial charge in [0.2, 0.25) is 0 Å². The van der Waals surface area contributed by atoms with E-state index in [0.29, 0.717) is 10.6 Å². The zero-order valence-electron chi connectivity index (χ0n) is 13.1. The number of halogens is 1. The Labute approximate surface area is 137 Å². The van der Waals surface area contributed by atoms with Gasteiger partial charge < -0.3 is 15.8 Å². The molecule has 0 saturated heterocycles. The summed E-state index contributed by atoms with van der Waals surface area (Å²) in [4.78, 5) is 24.5. The first kappa shape index (κ1) is 18.0. The maximum absolute atomic E-state index is 12.4. The maximum Gasteiger partial charge on any atom is 0.331 e. The van der Waals surface area contributed by atoms with Crippen molar-refractivity contribution >= 4 is 44.1 Å². The number of nitrogen functional groups attached to an aromatic ring is 1. The van der Waals surface area contributed by atoms with Gasteiger partial charge in [0.1, 0.15) is 11.1 Å². The summed E-state index contributed by atoms with van der Waals surface area (Å²) in [7, 11) is 0. The van der Waals surface area contributed by atoms with Crippen LogP contribution in [-0.2, 0) is 9.53 Å². The number of amides is 1. The van der Waals surface area contributed by atoms with Gasteiger partial charge >= 0.3 is 5.97 Å². The summed E-state index contributed by atoms with van der Waals surface area (Å²) >= 11 is 4.64. The summed E-state index contributed by atoms with van der Waals surface area (Å²) in [5.41, 5.74) is 5.25. The summed E-state index contributed by atoms with van der Waals surface area (Å²) in [5, 5.41) is 3.10. The monoisotopic (exact) mass is 376 g/mol. The highest BCUT2D eigenvalue weighted by atomic mass is 79.9. The molecule has 0 atom stereocenters. The van der Waals surface area contributed by atoms with Crippen LogP contribution in [0.1, 0.15) is 50.5 Å². The van der Waals surface area contributed by atoms with E-state index in [4.69, 9.17) is 10.5 Å². The van der Waals surface area contributed by atoms with Crippen LogP contribution in [0.3, 0.4) is 0 Å². The molecule has 21 heavy (non-hydrogen) atoms. The second kappa shape index (κ2) is 5.96. The van der Waals surface area contributed by atoms with Gasteiger partial charge in [0.25, 0.3) is 5.91 Å². The number of nitrogens with one attached hydrogen (secondary N) is 1. The van der Waals surface area contributed by atoms with Crippen molar-refractivity contribution in [2.75, 3.05) is 5.73 Å². The van der Waals surface area contributed by atoms with Crippen LogP contribution in [0.15, 0.2) is 3.79 Å². The molecule has 0 unspecified atom stereocenters. The molecular weight excluding hydrogens is 356 g/mol. The minimum atomic E-state index is -1.14. The molecule has 0 aliphatic heterocycles. The van der Waals surface area contributed by atoms with Gasteiger partial charge in [-0.2, -0.15) is 0 Å². The fraction of sp³-hybridized carbons (Fsp3) is 0.571. The molecule has 5 nitrogen and oxygen atoms in total. The highest BCUT2D eigenvalue weighted by molar-refractivity contribution is 9.11. The lowest BCUT2D eigenvalue weighted by molar-refractivity contribution is -0.161. The third-order valence-corrected chi connectivity index (χ3v) is 4.67. The number of hydrogen-bond acceptors (Lipinski definition) is 5. The van der Waals surface area contributed by atoms with Crippen LogP contribution in [0.4, 0.5) is 5.00 Å². The van der Waals surface area contributed by atoms with E-state index in [1.165, 1.54) is 11.3 Å². The molecule has 0 bridgehead atoms. The second-order valence-electron chi connectivity index (χ2n) is 6.32. The van der Waals surface area contributed by atoms with E-state index in [-0.39, 0.29) is 5.91 Å². The molecule has 0 aliphatic carbocycles. The van der Waals surface area contributed by atoms with Crippen molar-refractivity contribution in [1.82, 2.24) is 5.32 Å². The van der Waals surface area contributed by atoms with Gasteiger partial charge in [-0.1, -0.05) is 0 Å². The first-order valence-corrected chi connectivity index (χ1v) is 8.06. The Morgan fingerprint density at radius 3 is 2.14 bits per heavy atom. The molecule has 1 amide bonds. The van der Waals surface area contributed by atoms with E-state index in [9.17, 15) is 9.59 Å². The maximum atomic E-state index is 12.4.